The third kappa shape index (κ3) is 12.4. The van der Waals surface area contributed by atoms with Crippen LogP contribution in [0.1, 0.15) is 32.1 Å². The number of thioether (sulfide) groups is 1. The van der Waals surface area contributed by atoms with Gasteiger partial charge in [-0.1, -0.05) is 6.42 Å². The van der Waals surface area contributed by atoms with Gasteiger partial charge in [0.25, 0.3) is 0 Å². The van der Waals surface area contributed by atoms with Crippen LogP contribution < -0.4 is 16.0 Å². The fourth-order valence-electron chi connectivity index (χ4n) is 3.55. The molecule has 0 spiro atoms. The molecule has 0 bridgehead atoms. The topological polar surface area (TPSA) is 144 Å². The highest BCUT2D eigenvalue weighted by molar-refractivity contribution is 8.00. The third-order valence-corrected chi connectivity index (χ3v) is 6.73. The Morgan fingerprint density at radius 3 is 2.21 bits per heavy atom. The van der Waals surface area contributed by atoms with Crippen molar-refractivity contribution < 1.29 is 38.4 Å². The molecule has 12 heteroatoms. The highest BCUT2D eigenvalue weighted by Gasteiger charge is 2.42. The van der Waals surface area contributed by atoms with Gasteiger partial charge in [0.2, 0.25) is 5.91 Å². The molecular formula is C21H37N3O8S. The number of nitrogens with one attached hydrogen (secondary N) is 3. The summed E-state index contributed by atoms with van der Waals surface area (Å²) < 4.78 is 21.2. The third-order valence-electron chi connectivity index (χ3n) is 5.23. The molecule has 0 aromatic rings. The van der Waals surface area contributed by atoms with E-state index in [1.807, 2.05) is 11.8 Å². The number of amides is 3. The number of carbonyl (C=O) groups is 3. The average molecular weight is 492 g/mol. The second-order valence-electron chi connectivity index (χ2n) is 7.81. The molecule has 2 saturated heterocycles. The first-order valence-electron chi connectivity index (χ1n) is 11.5. The Hall–Kier alpha value is -1.60. The average Bonchev–Trinajstić information content (AvgIpc) is 3.33. The zero-order valence-electron chi connectivity index (χ0n) is 19.1. The number of unbranched alkanes of at least 4 members (excludes halogenated alkanes) is 1. The van der Waals surface area contributed by atoms with Gasteiger partial charge >= 0.3 is 12.0 Å². The molecule has 11 nitrogen and oxygen atoms in total. The number of hydrogen-bond donors (Lipinski definition) is 4. The normalized spacial score (nSPS) is 21.5. The Morgan fingerprint density at radius 2 is 1.55 bits per heavy atom. The van der Waals surface area contributed by atoms with Gasteiger partial charge in [0.1, 0.15) is 0 Å². The number of carboxylic acids is 1. The molecule has 33 heavy (non-hydrogen) atoms. The highest BCUT2D eigenvalue weighted by atomic mass is 32.2. The molecule has 2 aliphatic heterocycles. The van der Waals surface area contributed by atoms with Crippen molar-refractivity contribution in [2.45, 2.75) is 49.4 Å². The van der Waals surface area contributed by atoms with E-state index in [0.29, 0.717) is 64.5 Å². The smallest absolute Gasteiger partial charge is 0.315 e. The van der Waals surface area contributed by atoms with E-state index in [2.05, 4.69) is 16.0 Å². The molecular weight excluding hydrogens is 454 g/mol. The summed E-state index contributed by atoms with van der Waals surface area (Å²) >= 11 is 1.90. The van der Waals surface area contributed by atoms with Crippen LogP contribution in [0.15, 0.2) is 0 Å². The predicted molar refractivity (Wildman–Crippen MR) is 122 cm³/mol. The van der Waals surface area contributed by atoms with Crippen LogP contribution >= 0.6 is 11.8 Å². The SMILES string of the molecule is O=C(O)CCOCCOCCOCCOCCNC(=O)CCCC[C@@H]1SC[C@@H]2NC(=O)N[C@@H]21. The second kappa shape index (κ2) is 16.9. The molecule has 0 radical (unpaired) electrons. The Balaban J connectivity index is 1.28. The number of aliphatic carboxylic acids is 1. The Kier molecular flexibility index (Phi) is 14.2. The largest absolute Gasteiger partial charge is 0.481 e. The van der Waals surface area contributed by atoms with Gasteiger partial charge in [-0.25, -0.2) is 4.79 Å². The van der Waals surface area contributed by atoms with Crippen molar-refractivity contribution in [2.75, 3.05) is 65.2 Å². The number of rotatable bonds is 20. The van der Waals surface area contributed by atoms with Gasteiger partial charge in [-0.2, -0.15) is 11.8 Å². The first kappa shape index (κ1) is 27.6. The molecule has 0 saturated carbocycles. The summed E-state index contributed by atoms with van der Waals surface area (Å²) in [6.45, 7) is 3.63. The minimum Gasteiger partial charge on any atom is -0.481 e. The molecule has 0 aromatic carbocycles. The lowest BCUT2D eigenvalue weighted by Crippen LogP contribution is -2.36. The van der Waals surface area contributed by atoms with Crippen molar-refractivity contribution in [1.82, 2.24) is 16.0 Å². The van der Waals surface area contributed by atoms with Crippen molar-refractivity contribution >= 4 is 29.7 Å². The summed E-state index contributed by atoms with van der Waals surface area (Å²) in [5, 5.41) is 17.7. The van der Waals surface area contributed by atoms with Gasteiger partial charge in [0.15, 0.2) is 0 Å². The number of urea groups is 1. The van der Waals surface area contributed by atoms with Gasteiger partial charge in [0.05, 0.1) is 71.4 Å². The maximum Gasteiger partial charge on any atom is 0.315 e. The molecule has 2 aliphatic rings. The van der Waals surface area contributed by atoms with Crippen molar-refractivity contribution in [3.05, 3.63) is 0 Å². The molecule has 2 rings (SSSR count). The monoisotopic (exact) mass is 491 g/mol. The van der Waals surface area contributed by atoms with Crippen LogP contribution in [-0.4, -0.2) is 106 Å². The van der Waals surface area contributed by atoms with Gasteiger partial charge < -0.3 is 40.0 Å². The predicted octanol–water partition coefficient (Wildman–Crippen LogP) is 0.370. The summed E-state index contributed by atoms with van der Waals surface area (Å²) in [4.78, 5) is 33.6. The zero-order chi connectivity index (χ0) is 23.7. The molecule has 4 N–H and O–H groups in total. The highest BCUT2D eigenvalue weighted by Crippen LogP contribution is 2.33. The number of carbonyl (C=O) groups excluding carboxylic acids is 2. The van der Waals surface area contributed by atoms with Crippen LogP contribution in [0.5, 0.6) is 0 Å². The van der Waals surface area contributed by atoms with Crippen molar-refractivity contribution in [1.29, 1.82) is 0 Å². The van der Waals surface area contributed by atoms with Gasteiger partial charge in [0, 0.05) is 24.0 Å². The van der Waals surface area contributed by atoms with Crippen molar-refractivity contribution in [3.8, 4) is 0 Å². The van der Waals surface area contributed by atoms with E-state index >= 15 is 0 Å². The molecule has 2 fully saturated rings. The minimum atomic E-state index is -0.878. The molecule has 0 aliphatic carbocycles. The Bertz CT molecular complexity index is 598. The van der Waals surface area contributed by atoms with Crippen LogP contribution in [0, 0.1) is 0 Å². The number of fused-ring (bicyclic) bond motifs is 1. The fraction of sp³-hybridized carbons (Fsp3) is 0.857. The van der Waals surface area contributed by atoms with Gasteiger partial charge in [-0.3, -0.25) is 9.59 Å². The lowest BCUT2D eigenvalue weighted by Gasteiger charge is -2.16. The first-order chi connectivity index (χ1) is 16.1. The first-order valence-corrected chi connectivity index (χ1v) is 12.6. The van der Waals surface area contributed by atoms with Crippen LogP contribution in [0.3, 0.4) is 0 Å². The summed E-state index contributed by atoms with van der Waals surface area (Å²) in [6.07, 6.45) is 3.32. The molecule has 3 atom stereocenters. The standard InChI is InChI=1S/C21H37N3O8S/c25-18(4-2-1-3-17-20-16(15-33-17)23-21(28)24-20)22-6-8-30-10-12-32-14-13-31-11-9-29-7-5-19(26)27/h16-17,20H,1-15H2,(H,22,25)(H,26,27)(H2,23,24,28)/t16-,17-,20-/m0/s1. The van der Waals surface area contributed by atoms with E-state index < -0.39 is 5.97 Å². The van der Waals surface area contributed by atoms with E-state index in [4.69, 9.17) is 24.1 Å². The Labute approximate surface area is 199 Å². The van der Waals surface area contributed by atoms with Gasteiger partial charge in [-0.15, -0.1) is 0 Å². The maximum atomic E-state index is 11.9. The summed E-state index contributed by atoms with van der Waals surface area (Å²) in [6, 6.07) is 0.408. The molecule has 0 unspecified atom stereocenters. The number of ether oxygens (including phenoxy) is 4. The van der Waals surface area contributed by atoms with Gasteiger partial charge in [-0.05, 0) is 12.8 Å². The van der Waals surface area contributed by atoms with Crippen molar-refractivity contribution in [2.24, 2.45) is 0 Å². The minimum absolute atomic E-state index is 0.00563. The fourth-order valence-corrected chi connectivity index (χ4v) is 5.09. The second-order valence-corrected chi connectivity index (χ2v) is 9.08. The van der Waals surface area contributed by atoms with Crippen LogP contribution in [-0.2, 0) is 28.5 Å². The summed E-state index contributed by atoms with van der Waals surface area (Å²) in [5.41, 5.74) is 0. The van der Waals surface area contributed by atoms with E-state index in [-0.39, 0.29) is 37.0 Å². The van der Waals surface area contributed by atoms with Crippen LogP contribution in [0.25, 0.3) is 0 Å². The Morgan fingerprint density at radius 1 is 0.909 bits per heavy atom. The molecule has 0 aromatic heterocycles. The summed E-state index contributed by atoms with van der Waals surface area (Å²) in [7, 11) is 0. The zero-order valence-corrected chi connectivity index (χ0v) is 19.9. The van der Waals surface area contributed by atoms with Crippen LogP contribution in [0.2, 0.25) is 0 Å². The maximum absolute atomic E-state index is 11.9. The summed E-state index contributed by atoms with van der Waals surface area (Å²) in [5.74, 6) is 0.115. The molecule has 2 heterocycles. The lowest BCUT2D eigenvalue weighted by atomic mass is 10.0. The lowest BCUT2D eigenvalue weighted by molar-refractivity contribution is -0.138. The van der Waals surface area contributed by atoms with Crippen LogP contribution in [0.4, 0.5) is 4.79 Å². The molecule has 190 valence electrons. The van der Waals surface area contributed by atoms with E-state index in [9.17, 15) is 14.4 Å². The number of hydrogen-bond acceptors (Lipinski definition) is 8. The van der Waals surface area contributed by atoms with E-state index in [0.717, 1.165) is 25.0 Å². The number of carboxylic acid groups (broad SMARTS) is 1. The van der Waals surface area contributed by atoms with E-state index in [1.165, 1.54) is 0 Å². The van der Waals surface area contributed by atoms with E-state index in [1.54, 1.807) is 0 Å². The van der Waals surface area contributed by atoms with Crippen molar-refractivity contribution in [3.63, 3.8) is 0 Å². The quantitative estimate of drug-likeness (QED) is 0.140. The molecule has 3 amide bonds.